The van der Waals surface area contributed by atoms with Crippen LogP contribution in [0.15, 0.2) is 63.6 Å². The van der Waals surface area contributed by atoms with Gasteiger partial charge >= 0.3 is 10.1 Å². The molecule has 0 aliphatic carbocycles. The molecule has 1 aliphatic rings. The first kappa shape index (κ1) is 19.4. The van der Waals surface area contributed by atoms with Gasteiger partial charge in [0.1, 0.15) is 10.6 Å². The normalized spacial score (nSPS) is 18.8. The summed E-state index contributed by atoms with van der Waals surface area (Å²) in [7, 11) is -3.97. The summed E-state index contributed by atoms with van der Waals surface area (Å²) >= 11 is 7.05. The van der Waals surface area contributed by atoms with Gasteiger partial charge in [-0.2, -0.15) is 13.5 Å². The monoisotopic (exact) mass is 423 g/mol. The molecule has 1 N–H and O–H groups in total. The Hall–Kier alpha value is -2.36. The Bertz CT molecular complexity index is 1020. The predicted molar refractivity (Wildman–Crippen MR) is 106 cm³/mol. The molecule has 27 heavy (non-hydrogen) atoms. The lowest BCUT2D eigenvalue weighted by Gasteiger charge is -2.07. The first-order chi connectivity index (χ1) is 12.8. The fourth-order valence-corrected chi connectivity index (χ4v) is 3.88. The summed E-state index contributed by atoms with van der Waals surface area (Å²) in [5.41, 5.74) is 0.588. The van der Waals surface area contributed by atoms with Crippen LogP contribution in [0.1, 0.15) is 12.5 Å². The minimum Gasteiger partial charge on any atom is -0.379 e. The van der Waals surface area contributed by atoms with E-state index in [1.54, 1.807) is 19.1 Å². The molecule has 1 fully saturated rings. The maximum atomic E-state index is 12.3. The Morgan fingerprint density at radius 1 is 1.22 bits per heavy atom. The van der Waals surface area contributed by atoms with Crippen LogP contribution in [0.25, 0.3) is 0 Å². The van der Waals surface area contributed by atoms with Crippen molar-refractivity contribution in [3.63, 3.8) is 0 Å². The Balaban J connectivity index is 1.72. The highest BCUT2D eigenvalue weighted by atomic mass is 35.5. The van der Waals surface area contributed by atoms with Crippen molar-refractivity contribution in [1.29, 1.82) is 0 Å². The van der Waals surface area contributed by atoms with Gasteiger partial charge in [-0.15, -0.1) is 5.10 Å². The number of nitrogens with zero attached hydrogens (tertiary/aromatic N) is 2. The molecule has 2 aromatic carbocycles. The van der Waals surface area contributed by atoms with E-state index in [1.807, 2.05) is 0 Å². The Kier molecular flexibility index (Phi) is 5.83. The van der Waals surface area contributed by atoms with Crippen LogP contribution in [0.3, 0.4) is 0 Å². The van der Waals surface area contributed by atoms with Crippen molar-refractivity contribution in [1.82, 2.24) is 5.32 Å². The zero-order chi connectivity index (χ0) is 19.4. The first-order valence-corrected chi connectivity index (χ1v) is 10.4. The number of carbonyl (C=O) groups excluding carboxylic acids is 1. The van der Waals surface area contributed by atoms with Gasteiger partial charge in [-0.05, 0) is 48.9 Å². The number of amidine groups is 1. The summed E-state index contributed by atoms with van der Waals surface area (Å²) < 4.78 is 29.8. The standard InChI is InChI=1S/C17H14ClN3O4S2/c1-11-16(22)20-17(26-11)21-19-10-12-3-2-4-14(9-12)25-27(23,24)15-7-5-13(18)6-8-15/h2-11H,1H3,(H,20,21,22)/b19-10+. The molecular weight excluding hydrogens is 410 g/mol. The second kappa shape index (κ2) is 8.12. The summed E-state index contributed by atoms with van der Waals surface area (Å²) in [5.74, 6) is 0.0236. The van der Waals surface area contributed by atoms with Crippen LogP contribution in [0.2, 0.25) is 5.02 Å². The van der Waals surface area contributed by atoms with E-state index in [2.05, 4.69) is 15.5 Å². The number of thioether (sulfide) groups is 1. The van der Waals surface area contributed by atoms with E-state index in [9.17, 15) is 13.2 Å². The molecule has 1 unspecified atom stereocenters. The average Bonchev–Trinajstić information content (AvgIpc) is 2.93. The summed E-state index contributed by atoms with van der Waals surface area (Å²) in [6, 6.07) is 12.1. The quantitative estimate of drug-likeness (QED) is 0.453. The number of carbonyl (C=O) groups is 1. The molecule has 2 aromatic rings. The van der Waals surface area contributed by atoms with Gasteiger partial charge in [0.05, 0.1) is 11.5 Å². The molecule has 1 heterocycles. The molecule has 3 rings (SSSR count). The number of nitrogens with one attached hydrogen (secondary N) is 1. The van der Waals surface area contributed by atoms with Gasteiger partial charge in [0.25, 0.3) is 0 Å². The van der Waals surface area contributed by atoms with Crippen LogP contribution in [-0.4, -0.2) is 31.0 Å². The molecule has 10 heteroatoms. The fraction of sp³-hybridized carbons (Fsp3) is 0.118. The van der Waals surface area contributed by atoms with Gasteiger partial charge in [-0.1, -0.05) is 35.5 Å². The molecule has 0 saturated carbocycles. The molecule has 1 aliphatic heterocycles. The summed E-state index contributed by atoms with van der Waals surface area (Å²) in [6.07, 6.45) is 1.43. The van der Waals surface area contributed by atoms with E-state index in [-0.39, 0.29) is 21.8 Å². The minimum atomic E-state index is -3.97. The zero-order valence-electron chi connectivity index (χ0n) is 14.0. The van der Waals surface area contributed by atoms with Gasteiger partial charge in [0, 0.05) is 5.02 Å². The molecule has 1 atom stereocenters. The molecule has 0 bridgehead atoms. The third kappa shape index (κ3) is 5.09. The first-order valence-electron chi connectivity index (χ1n) is 7.72. The molecule has 1 amide bonds. The van der Waals surface area contributed by atoms with E-state index < -0.39 is 10.1 Å². The number of benzene rings is 2. The van der Waals surface area contributed by atoms with Crippen LogP contribution < -0.4 is 9.50 Å². The van der Waals surface area contributed by atoms with Gasteiger partial charge < -0.3 is 9.50 Å². The van der Waals surface area contributed by atoms with E-state index >= 15 is 0 Å². The van der Waals surface area contributed by atoms with Crippen molar-refractivity contribution in [2.45, 2.75) is 17.1 Å². The summed E-state index contributed by atoms with van der Waals surface area (Å²) in [4.78, 5) is 11.4. The van der Waals surface area contributed by atoms with Crippen LogP contribution in [0.4, 0.5) is 0 Å². The van der Waals surface area contributed by atoms with Crippen molar-refractivity contribution >= 4 is 50.8 Å². The molecular formula is C17H14ClN3O4S2. The molecule has 0 radical (unpaired) electrons. The van der Waals surface area contributed by atoms with E-state index in [0.29, 0.717) is 15.8 Å². The molecule has 0 spiro atoms. The van der Waals surface area contributed by atoms with Crippen LogP contribution in [-0.2, 0) is 14.9 Å². The number of hydrogen-bond donors (Lipinski definition) is 1. The molecule has 0 aromatic heterocycles. The SMILES string of the molecule is CC1S/C(=N\N=C\c2cccc(OS(=O)(=O)c3ccc(Cl)cc3)c2)NC1=O. The van der Waals surface area contributed by atoms with Crippen molar-refractivity contribution in [2.24, 2.45) is 10.2 Å². The predicted octanol–water partition coefficient (Wildman–Crippen LogP) is 3.05. The van der Waals surface area contributed by atoms with Crippen molar-refractivity contribution < 1.29 is 17.4 Å². The van der Waals surface area contributed by atoms with Crippen molar-refractivity contribution in [3.05, 3.63) is 59.1 Å². The largest absolute Gasteiger partial charge is 0.379 e. The summed E-state index contributed by atoms with van der Waals surface area (Å²) in [6.45, 7) is 1.77. The van der Waals surface area contributed by atoms with Crippen LogP contribution in [0, 0.1) is 0 Å². The van der Waals surface area contributed by atoms with Crippen LogP contribution >= 0.6 is 23.4 Å². The Morgan fingerprint density at radius 2 is 1.96 bits per heavy atom. The number of hydrogen-bond acceptors (Lipinski definition) is 7. The topological polar surface area (TPSA) is 97.2 Å². The van der Waals surface area contributed by atoms with Gasteiger partial charge in [0.2, 0.25) is 5.91 Å². The lowest BCUT2D eigenvalue weighted by molar-refractivity contribution is -0.118. The lowest BCUT2D eigenvalue weighted by atomic mass is 10.2. The molecule has 7 nitrogen and oxygen atoms in total. The maximum Gasteiger partial charge on any atom is 0.339 e. The number of rotatable bonds is 5. The number of halogens is 1. The van der Waals surface area contributed by atoms with E-state index in [4.69, 9.17) is 15.8 Å². The zero-order valence-corrected chi connectivity index (χ0v) is 16.4. The van der Waals surface area contributed by atoms with Crippen LogP contribution in [0.5, 0.6) is 5.75 Å². The molecule has 140 valence electrons. The second-order valence-electron chi connectivity index (χ2n) is 5.46. The lowest BCUT2D eigenvalue weighted by Crippen LogP contribution is -2.23. The van der Waals surface area contributed by atoms with Gasteiger partial charge in [-0.25, -0.2) is 0 Å². The fourth-order valence-electron chi connectivity index (χ4n) is 2.08. The smallest absolute Gasteiger partial charge is 0.339 e. The maximum absolute atomic E-state index is 12.3. The average molecular weight is 424 g/mol. The minimum absolute atomic E-state index is 0.000453. The Labute approximate surface area is 165 Å². The van der Waals surface area contributed by atoms with E-state index in [0.717, 1.165) is 0 Å². The van der Waals surface area contributed by atoms with Crippen molar-refractivity contribution in [3.8, 4) is 5.75 Å². The van der Waals surface area contributed by atoms with Gasteiger partial charge in [0.15, 0.2) is 5.17 Å². The highest BCUT2D eigenvalue weighted by Gasteiger charge is 2.25. The van der Waals surface area contributed by atoms with E-state index in [1.165, 1.54) is 54.4 Å². The molecule has 1 saturated heterocycles. The highest BCUT2D eigenvalue weighted by Crippen LogP contribution is 2.21. The third-order valence-electron chi connectivity index (χ3n) is 3.41. The third-order valence-corrected chi connectivity index (χ3v) is 5.90. The number of amides is 1. The second-order valence-corrected chi connectivity index (χ2v) is 8.78. The highest BCUT2D eigenvalue weighted by molar-refractivity contribution is 8.15. The van der Waals surface area contributed by atoms with Crippen molar-refractivity contribution in [2.75, 3.05) is 0 Å². The summed E-state index contributed by atoms with van der Waals surface area (Å²) in [5, 5.41) is 11.1. The Morgan fingerprint density at radius 3 is 2.63 bits per heavy atom. The van der Waals surface area contributed by atoms with Gasteiger partial charge in [-0.3, -0.25) is 4.79 Å².